The van der Waals surface area contributed by atoms with Crippen LogP contribution in [0.2, 0.25) is 0 Å². The highest BCUT2D eigenvalue weighted by Crippen LogP contribution is 2.22. The molecule has 0 radical (unpaired) electrons. The molecule has 4 nitrogen and oxygen atoms in total. The lowest BCUT2D eigenvalue weighted by Crippen LogP contribution is -2.27. The number of benzene rings is 1. The molecule has 0 spiro atoms. The Balaban J connectivity index is 1.69. The van der Waals surface area contributed by atoms with Crippen molar-refractivity contribution in [1.29, 1.82) is 0 Å². The zero-order chi connectivity index (χ0) is 13.9. The number of urea groups is 1. The molecule has 1 fully saturated rings. The van der Waals surface area contributed by atoms with Gasteiger partial charge < -0.3 is 10.6 Å². The van der Waals surface area contributed by atoms with Crippen LogP contribution in [-0.2, 0) is 6.54 Å². The maximum atomic E-state index is 11.7. The zero-order valence-corrected chi connectivity index (χ0v) is 12.2. The highest BCUT2D eigenvalue weighted by Gasteiger charge is 2.20. The molecule has 1 aromatic heterocycles. The molecule has 1 aliphatic rings. The van der Waals surface area contributed by atoms with Gasteiger partial charge in [0.1, 0.15) is 0 Å². The van der Waals surface area contributed by atoms with Crippen LogP contribution in [-0.4, -0.2) is 19.1 Å². The fourth-order valence-corrected chi connectivity index (χ4v) is 3.10. The van der Waals surface area contributed by atoms with Gasteiger partial charge in [0.05, 0.1) is 0 Å². The van der Waals surface area contributed by atoms with Gasteiger partial charge in [-0.2, -0.15) is 0 Å². The largest absolute Gasteiger partial charge is 0.380 e. The van der Waals surface area contributed by atoms with E-state index in [9.17, 15) is 4.79 Å². The number of rotatable bonds is 4. The Hall–Kier alpha value is -2.01. The third-order valence-electron chi connectivity index (χ3n) is 3.28. The molecule has 2 amide bonds. The van der Waals surface area contributed by atoms with Crippen molar-refractivity contribution in [1.82, 2.24) is 5.32 Å². The molecule has 3 rings (SSSR count). The topological polar surface area (TPSA) is 44.4 Å². The number of anilines is 2. The summed E-state index contributed by atoms with van der Waals surface area (Å²) in [5.41, 5.74) is 1.97. The normalized spacial score (nSPS) is 14.4. The quantitative estimate of drug-likeness (QED) is 0.907. The summed E-state index contributed by atoms with van der Waals surface area (Å²) in [6, 6.07) is 12.2. The maximum absolute atomic E-state index is 11.7. The summed E-state index contributed by atoms with van der Waals surface area (Å²) < 4.78 is 0. The van der Waals surface area contributed by atoms with Gasteiger partial charge in [0.25, 0.3) is 0 Å². The predicted octanol–water partition coefficient (Wildman–Crippen LogP) is 3.20. The molecule has 2 N–H and O–H groups in total. The van der Waals surface area contributed by atoms with Crippen molar-refractivity contribution >= 4 is 28.7 Å². The first-order valence-corrected chi connectivity index (χ1v) is 7.49. The minimum absolute atomic E-state index is 0.0176. The number of hydrogen-bond donors (Lipinski definition) is 2. The highest BCUT2D eigenvalue weighted by atomic mass is 32.1. The average molecular weight is 287 g/mol. The zero-order valence-electron chi connectivity index (χ0n) is 11.3. The number of carbonyl (C=O) groups is 1. The molecule has 0 unspecified atom stereocenters. The first kappa shape index (κ1) is 13.0. The van der Waals surface area contributed by atoms with Gasteiger partial charge in [0, 0.05) is 40.8 Å². The minimum Gasteiger partial charge on any atom is -0.380 e. The third kappa shape index (κ3) is 2.77. The van der Waals surface area contributed by atoms with Crippen LogP contribution in [0, 0.1) is 6.92 Å². The second kappa shape index (κ2) is 5.54. The van der Waals surface area contributed by atoms with Crippen LogP contribution in [0.1, 0.15) is 9.75 Å². The van der Waals surface area contributed by atoms with E-state index in [0.29, 0.717) is 6.54 Å². The summed E-state index contributed by atoms with van der Waals surface area (Å²) in [6.07, 6.45) is 0. The van der Waals surface area contributed by atoms with Gasteiger partial charge >= 0.3 is 6.03 Å². The second-order valence-electron chi connectivity index (χ2n) is 4.80. The van der Waals surface area contributed by atoms with Gasteiger partial charge in [-0.25, -0.2) is 4.79 Å². The SMILES string of the molecule is Cc1ccc(CNc2cccc(N3CCNC3=O)c2)s1. The number of thiophene rings is 1. The van der Waals surface area contributed by atoms with Crippen LogP contribution in [0.5, 0.6) is 0 Å². The fourth-order valence-electron chi connectivity index (χ4n) is 2.27. The minimum atomic E-state index is -0.0176. The monoisotopic (exact) mass is 287 g/mol. The molecule has 1 saturated heterocycles. The Morgan fingerprint density at radius 3 is 2.95 bits per heavy atom. The van der Waals surface area contributed by atoms with Crippen LogP contribution in [0.15, 0.2) is 36.4 Å². The van der Waals surface area contributed by atoms with Crippen LogP contribution < -0.4 is 15.5 Å². The van der Waals surface area contributed by atoms with Crippen molar-refractivity contribution < 1.29 is 4.79 Å². The van der Waals surface area contributed by atoms with Crippen LogP contribution in [0.3, 0.4) is 0 Å². The number of aryl methyl sites for hydroxylation is 1. The molecule has 20 heavy (non-hydrogen) atoms. The molecule has 1 aliphatic heterocycles. The first-order valence-electron chi connectivity index (χ1n) is 6.67. The number of amides is 2. The molecule has 0 aliphatic carbocycles. The van der Waals surface area contributed by atoms with Gasteiger partial charge in [-0.3, -0.25) is 4.90 Å². The Kier molecular flexibility index (Phi) is 3.60. The van der Waals surface area contributed by atoms with Gasteiger partial charge in [-0.15, -0.1) is 11.3 Å². The first-order chi connectivity index (χ1) is 9.72. The Morgan fingerprint density at radius 2 is 2.25 bits per heavy atom. The number of nitrogens with zero attached hydrogens (tertiary/aromatic N) is 1. The van der Waals surface area contributed by atoms with E-state index in [0.717, 1.165) is 24.5 Å². The highest BCUT2D eigenvalue weighted by molar-refractivity contribution is 7.11. The standard InChI is InChI=1S/C15H17N3OS/c1-11-5-6-14(20-11)10-17-12-3-2-4-13(9-12)18-8-7-16-15(18)19/h2-6,9,17H,7-8,10H2,1H3,(H,16,19). The predicted molar refractivity (Wildman–Crippen MR) is 83.6 cm³/mol. The molecular weight excluding hydrogens is 270 g/mol. The summed E-state index contributed by atoms with van der Waals surface area (Å²) in [4.78, 5) is 16.1. The van der Waals surface area contributed by atoms with E-state index in [1.807, 2.05) is 24.3 Å². The van der Waals surface area contributed by atoms with Crippen molar-refractivity contribution in [3.8, 4) is 0 Å². The number of hydrogen-bond acceptors (Lipinski definition) is 3. The average Bonchev–Trinajstić information content (AvgIpc) is 3.05. The molecule has 1 aromatic carbocycles. The van der Waals surface area contributed by atoms with Crippen LogP contribution in [0.25, 0.3) is 0 Å². The summed E-state index contributed by atoms with van der Waals surface area (Å²) in [5.74, 6) is 0. The van der Waals surface area contributed by atoms with Gasteiger partial charge in [0.15, 0.2) is 0 Å². The van der Waals surface area contributed by atoms with E-state index < -0.39 is 0 Å². The molecule has 2 aromatic rings. The summed E-state index contributed by atoms with van der Waals surface area (Å²) in [6.45, 7) is 4.37. The number of carbonyl (C=O) groups excluding carboxylic acids is 1. The van der Waals surface area contributed by atoms with E-state index in [-0.39, 0.29) is 6.03 Å². The molecule has 5 heteroatoms. The summed E-state index contributed by atoms with van der Waals surface area (Å²) in [5, 5.41) is 6.22. The molecular formula is C15H17N3OS. The van der Waals surface area contributed by atoms with Gasteiger partial charge in [-0.1, -0.05) is 6.07 Å². The molecule has 0 saturated carbocycles. The van der Waals surface area contributed by atoms with E-state index in [1.165, 1.54) is 9.75 Å². The molecule has 2 heterocycles. The van der Waals surface area contributed by atoms with Crippen molar-refractivity contribution in [2.45, 2.75) is 13.5 Å². The smallest absolute Gasteiger partial charge is 0.321 e. The summed E-state index contributed by atoms with van der Waals surface area (Å²) in [7, 11) is 0. The summed E-state index contributed by atoms with van der Waals surface area (Å²) >= 11 is 1.80. The third-order valence-corrected chi connectivity index (χ3v) is 4.28. The van der Waals surface area contributed by atoms with E-state index >= 15 is 0 Å². The number of nitrogens with one attached hydrogen (secondary N) is 2. The second-order valence-corrected chi connectivity index (χ2v) is 6.17. The van der Waals surface area contributed by atoms with E-state index in [2.05, 4.69) is 29.7 Å². The lowest BCUT2D eigenvalue weighted by Gasteiger charge is -2.15. The fraction of sp³-hybridized carbons (Fsp3) is 0.267. The maximum Gasteiger partial charge on any atom is 0.321 e. The van der Waals surface area contributed by atoms with Crippen molar-refractivity contribution in [2.75, 3.05) is 23.3 Å². The Bertz CT molecular complexity index is 623. The molecule has 104 valence electrons. The van der Waals surface area contributed by atoms with Crippen molar-refractivity contribution in [3.63, 3.8) is 0 Å². The van der Waals surface area contributed by atoms with Gasteiger partial charge in [0.2, 0.25) is 0 Å². The van der Waals surface area contributed by atoms with Crippen molar-refractivity contribution in [2.24, 2.45) is 0 Å². The van der Waals surface area contributed by atoms with E-state index in [4.69, 9.17) is 0 Å². The van der Waals surface area contributed by atoms with Crippen LogP contribution in [0.4, 0.5) is 16.2 Å². The van der Waals surface area contributed by atoms with Crippen molar-refractivity contribution in [3.05, 3.63) is 46.2 Å². The molecule has 0 bridgehead atoms. The lowest BCUT2D eigenvalue weighted by molar-refractivity contribution is 0.252. The van der Waals surface area contributed by atoms with Crippen LogP contribution >= 0.6 is 11.3 Å². The lowest BCUT2D eigenvalue weighted by atomic mass is 10.2. The Labute approximate surface area is 122 Å². The van der Waals surface area contributed by atoms with Gasteiger partial charge in [-0.05, 0) is 37.3 Å². The van der Waals surface area contributed by atoms with E-state index in [1.54, 1.807) is 16.2 Å². The molecule has 0 atom stereocenters. The Morgan fingerprint density at radius 1 is 1.35 bits per heavy atom.